The molecule has 10 heteroatoms. The summed E-state index contributed by atoms with van der Waals surface area (Å²) in [6.45, 7) is 0. The van der Waals surface area contributed by atoms with Gasteiger partial charge in [0.25, 0.3) is 0 Å². The van der Waals surface area contributed by atoms with Gasteiger partial charge in [-0.2, -0.15) is 18.4 Å². The van der Waals surface area contributed by atoms with E-state index in [4.69, 9.17) is 26.8 Å². The predicted molar refractivity (Wildman–Crippen MR) is 107 cm³/mol. The monoisotopic (exact) mass is 447 g/mol. The number of rotatable bonds is 4. The summed E-state index contributed by atoms with van der Waals surface area (Å²) < 4.78 is 49.3. The number of alkyl halides is 3. The zero-order chi connectivity index (χ0) is 22.8. The molecule has 0 atom stereocenters. The van der Waals surface area contributed by atoms with Gasteiger partial charge in [0.05, 0.1) is 24.1 Å². The van der Waals surface area contributed by atoms with Crippen LogP contribution in [0.2, 0.25) is 5.02 Å². The van der Waals surface area contributed by atoms with Crippen molar-refractivity contribution in [3.63, 3.8) is 0 Å². The van der Waals surface area contributed by atoms with Gasteiger partial charge in [0.2, 0.25) is 5.88 Å². The number of nitriles is 1. The molecule has 1 aromatic heterocycles. The van der Waals surface area contributed by atoms with Crippen molar-refractivity contribution in [1.29, 1.82) is 5.26 Å². The van der Waals surface area contributed by atoms with Gasteiger partial charge in [-0.1, -0.05) is 35.9 Å². The van der Waals surface area contributed by atoms with E-state index in [0.717, 1.165) is 25.3 Å². The van der Waals surface area contributed by atoms with Crippen molar-refractivity contribution < 1.29 is 27.4 Å². The molecule has 0 amide bonds. The molecule has 0 saturated heterocycles. The van der Waals surface area contributed by atoms with E-state index in [2.05, 4.69) is 4.98 Å². The number of nitrogens with zero attached hydrogens (tertiary/aromatic N) is 2. The molecule has 3 rings (SSSR count). The van der Waals surface area contributed by atoms with Crippen LogP contribution in [0, 0.1) is 11.3 Å². The van der Waals surface area contributed by atoms with Crippen LogP contribution in [0.1, 0.15) is 21.5 Å². The van der Waals surface area contributed by atoms with Crippen molar-refractivity contribution in [1.82, 2.24) is 4.98 Å². The Kier molecular flexibility index (Phi) is 6.04. The Balaban J connectivity index is 2.24. The standard InChI is InChI=1S/C21H13ClF3N3O3/c1-30-20(29)16-17(27)14(10-26)19(28-18(16)13-7-2-3-8-15(13)22)31-12-6-4-5-11(9-12)21(23,24)25/h2-9H,1H3,(H2,27,28). The molecule has 0 fully saturated rings. The number of aromatic nitrogens is 1. The lowest BCUT2D eigenvalue weighted by Crippen LogP contribution is -2.12. The first kappa shape index (κ1) is 21.9. The van der Waals surface area contributed by atoms with Gasteiger partial charge in [-0.05, 0) is 24.3 Å². The summed E-state index contributed by atoms with van der Waals surface area (Å²) in [4.78, 5) is 16.6. The molecule has 2 aromatic carbocycles. The first-order chi connectivity index (χ1) is 14.7. The predicted octanol–water partition coefficient (Wildman–Crippen LogP) is 5.45. The lowest BCUT2D eigenvalue weighted by atomic mass is 10.0. The Bertz CT molecular complexity index is 1210. The van der Waals surface area contributed by atoms with Gasteiger partial charge in [-0.25, -0.2) is 9.78 Å². The number of pyridine rings is 1. The zero-order valence-electron chi connectivity index (χ0n) is 15.8. The molecule has 0 aliphatic rings. The minimum absolute atomic E-state index is 0.0454. The number of benzene rings is 2. The number of carbonyl (C=O) groups excluding carboxylic acids is 1. The second-order valence-corrected chi connectivity index (χ2v) is 6.55. The Morgan fingerprint density at radius 2 is 1.90 bits per heavy atom. The second kappa shape index (κ2) is 8.53. The Morgan fingerprint density at radius 1 is 1.19 bits per heavy atom. The number of ether oxygens (including phenoxy) is 2. The number of hydrogen-bond acceptors (Lipinski definition) is 6. The van der Waals surface area contributed by atoms with Crippen molar-refractivity contribution >= 4 is 23.3 Å². The smallest absolute Gasteiger partial charge is 0.416 e. The number of nitrogen functional groups attached to an aromatic ring is 1. The van der Waals surface area contributed by atoms with Gasteiger partial charge in [-0.15, -0.1) is 0 Å². The number of methoxy groups -OCH3 is 1. The Morgan fingerprint density at radius 3 is 2.52 bits per heavy atom. The molecule has 0 saturated carbocycles. The van der Waals surface area contributed by atoms with Crippen LogP contribution in [0.3, 0.4) is 0 Å². The molecule has 3 aromatic rings. The van der Waals surface area contributed by atoms with Crippen LogP contribution in [0.25, 0.3) is 11.3 Å². The summed E-state index contributed by atoms with van der Waals surface area (Å²) in [5.74, 6) is -1.49. The molecule has 6 nitrogen and oxygen atoms in total. The molecule has 31 heavy (non-hydrogen) atoms. The summed E-state index contributed by atoms with van der Waals surface area (Å²) >= 11 is 6.22. The number of nitrogens with two attached hydrogens (primary N) is 1. The van der Waals surface area contributed by atoms with E-state index < -0.39 is 17.7 Å². The van der Waals surface area contributed by atoms with Crippen LogP contribution < -0.4 is 10.5 Å². The minimum Gasteiger partial charge on any atom is -0.465 e. The fraction of sp³-hybridized carbons (Fsp3) is 0.0952. The highest BCUT2D eigenvalue weighted by atomic mass is 35.5. The third-order valence-electron chi connectivity index (χ3n) is 4.21. The van der Waals surface area contributed by atoms with E-state index in [1.165, 1.54) is 6.07 Å². The molecule has 0 radical (unpaired) electrons. The van der Waals surface area contributed by atoms with E-state index in [9.17, 15) is 23.2 Å². The zero-order valence-corrected chi connectivity index (χ0v) is 16.6. The molecule has 0 aliphatic carbocycles. The molecule has 0 spiro atoms. The maximum absolute atomic E-state index is 13.0. The van der Waals surface area contributed by atoms with Crippen LogP contribution in [-0.4, -0.2) is 18.1 Å². The van der Waals surface area contributed by atoms with Crippen molar-refractivity contribution in [2.75, 3.05) is 12.8 Å². The highest BCUT2D eigenvalue weighted by Gasteiger charge is 2.31. The number of esters is 1. The van der Waals surface area contributed by atoms with Crippen molar-refractivity contribution in [3.8, 4) is 29.0 Å². The van der Waals surface area contributed by atoms with Crippen molar-refractivity contribution in [3.05, 3.63) is 70.2 Å². The van der Waals surface area contributed by atoms with Crippen LogP contribution >= 0.6 is 11.6 Å². The quantitative estimate of drug-likeness (QED) is 0.534. The maximum atomic E-state index is 13.0. The maximum Gasteiger partial charge on any atom is 0.416 e. The lowest BCUT2D eigenvalue weighted by molar-refractivity contribution is -0.137. The van der Waals surface area contributed by atoms with Gasteiger partial charge in [0.1, 0.15) is 22.9 Å². The average molecular weight is 448 g/mol. The molecular formula is C21H13ClF3N3O3. The number of anilines is 1. The fourth-order valence-corrected chi connectivity index (χ4v) is 2.99. The number of halogens is 4. The van der Waals surface area contributed by atoms with Gasteiger partial charge in [-0.3, -0.25) is 0 Å². The van der Waals surface area contributed by atoms with E-state index in [0.29, 0.717) is 0 Å². The van der Waals surface area contributed by atoms with Crippen LogP contribution in [0.15, 0.2) is 48.5 Å². The first-order valence-electron chi connectivity index (χ1n) is 8.59. The molecular weight excluding hydrogens is 435 g/mol. The molecule has 1 heterocycles. The topological polar surface area (TPSA) is 98.2 Å². The van der Waals surface area contributed by atoms with E-state index >= 15 is 0 Å². The fourth-order valence-electron chi connectivity index (χ4n) is 2.77. The normalized spacial score (nSPS) is 11.0. The van der Waals surface area contributed by atoms with Crippen LogP contribution in [-0.2, 0) is 10.9 Å². The molecule has 158 valence electrons. The summed E-state index contributed by atoms with van der Waals surface area (Å²) in [6, 6.07) is 12.2. The Labute approximate surface area is 179 Å². The van der Waals surface area contributed by atoms with E-state index in [-0.39, 0.29) is 44.7 Å². The van der Waals surface area contributed by atoms with E-state index in [1.807, 2.05) is 0 Å². The molecule has 2 N–H and O–H groups in total. The third-order valence-corrected chi connectivity index (χ3v) is 4.54. The molecule has 0 unspecified atom stereocenters. The first-order valence-corrected chi connectivity index (χ1v) is 8.97. The summed E-state index contributed by atoms with van der Waals surface area (Å²) in [6.07, 6.45) is -4.60. The Hall–Kier alpha value is -3.77. The third kappa shape index (κ3) is 4.39. The summed E-state index contributed by atoms with van der Waals surface area (Å²) in [7, 11) is 1.12. The lowest BCUT2D eigenvalue weighted by Gasteiger charge is -2.16. The van der Waals surface area contributed by atoms with Crippen LogP contribution in [0.4, 0.5) is 18.9 Å². The number of carbonyl (C=O) groups is 1. The van der Waals surface area contributed by atoms with E-state index in [1.54, 1.807) is 30.3 Å². The summed E-state index contributed by atoms with van der Waals surface area (Å²) in [5.41, 5.74) is 4.47. The van der Waals surface area contributed by atoms with Gasteiger partial charge < -0.3 is 15.2 Å². The SMILES string of the molecule is COC(=O)c1c(-c2ccccc2Cl)nc(Oc2cccc(C(F)(F)F)c2)c(C#N)c1N. The molecule has 0 aliphatic heterocycles. The average Bonchev–Trinajstić information content (AvgIpc) is 2.73. The molecule has 0 bridgehead atoms. The minimum atomic E-state index is -4.60. The van der Waals surface area contributed by atoms with Crippen molar-refractivity contribution in [2.45, 2.75) is 6.18 Å². The van der Waals surface area contributed by atoms with Gasteiger partial charge in [0.15, 0.2) is 0 Å². The van der Waals surface area contributed by atoms with Crippen LogP contribution in [0.5, 0.6) is 11.6 Å². The highest BCUT2D eigenvalue weighted by Crippen LogP contribution is 2.39. The second-order valence-electron chi connectivity index (χ2n) is 6.14. The van der Waals surface area contributed by atoms with Crippen molar-refractivity contribution in [2.24, 2.45) is 0 Å². The largest absolute Gasteiger partial charge is 0.465 e. The summed E-state index contributed by atoms with van der Waals surface area (Å²) in [5, 5.41) is 9.76. The van der Waals surface area contributed by atoms with Gasteiger partial charge >= 0.3 is 12.1 Å². The number of hydrogen-bond donors (Lipinski definition) is 1. The highest BCUT2D eigenvalue weighted by molar-refractivity contribution is 6.33. The van der Waals surface area contributed by atoms with Gasteiger partial charge in [0, 0.05) is 10.6 Å².